The molecule has 0 aliphatic carbocycles. The molecule has 1 aromatic rings. The van der Waals surface area contributed by atoms with Crippen LogP contribution >= 0.6 is 11.3 Å². The van der Waals surface area contributed by atoms with Crippen LogP contribution in [0, 0.1) is 12.3 Å². The average molecular weight is 266 g/mol. The number of thiazole rings is 1. The number of anilines is 2. The molecule has 0 saturated heterocycles. The highest BCUT2D eigenvalue weighted by Crippen LogP contribution is 2.27. The van der Waals surface area contributed by atoms with E-state index in [4.69, 9.17) is 12.2 Å². The third-order valence-electron chi connectivity index (χ3n) is 2.44. The lowest BCUT2D eigenvalue weighted by Gasteiger charge is -2.18. The highest BCUT2D eigenvalue weighted by molar-refractivity contribution is 7.18. The summed E-state index contributed by atoms with van der Waals surface area (Å²) in [5.41, 5.74) is 5.05. The van der Waals surface area contributed by atoms with Crippen LogP contribution in [0.1, 0.15) is 30.4 Å². The number of rotatable bonds is 4. The van der Waals surface area contributed by atoms with E-state index in [1.165, 1.54) is 11.3 Å². The van der Waals surface area contributed by atoms with E-state index in [2.05, 4.69) is 16.2 Å². The maximum atomic E-state index is 12.0. The molecule has 1 rings (SSSR count). The van der Waals surface area contributed by atoms with Gasteiger partial charge >= 0.3 is 0 Å². The molecule has 0 atom stereocenters. The van der Waals surface area contributed by atoms with E-state index in [9.17, 15) is 4.79 Å². The molecule has 0 aliphatic rings. The summed E-state index contributed by atoms with van der Waals surface area (Å²) < 4.78 is 0. The van der Waals surface area contributed by atoms with Crippen LogP contribution in [0.4, 0.5) is 10.9 Å². The molecule has 0 unspecified atom stereocenters. The van der Waals surface area contributed by atoms with E-state index in [1.54, 1.807) is 13.8 Å². The first-order valence-corrected chi connectivity index (χ1v) is 6.40. The summed E-state index contributed by atoms with van der Waals surface area (Å²) in [4.78, 5) is 18.5. The summed E-state index contributed by atoms with van der Waals surface area (Å²) in [6.07, 6.45) is 5.33. The van der Waals surface area contributed by atoms with Crippen molar-refractivity contribution in [3.63, 3.8) is 0 Å². The van der Waals surface area contributed by atoms with Crippen molar-refractivity contribution in [3.05, 3.63) is 4.88 Å². The minimum Gasteiger partial charge on any atom is -0.382 e. The molecule has 0 fully saturated rings. The Hall–Kier alpha value is -1.74. The number of hydrogen-bond acceptors (Lipinski definition) is 5. The normalized spacial score (nSPS) is 10.8. The van der Waals surface area contributed by atoms with Gasteiger partial charge in [0.2, 0.25) is 0 Å². The highest BCUT2D eigenvalue weighted by Gasteiger charge is 2.23. The fourth-order valence-electron chi connectivity index (χ4n) is 1.16. The van der Waals surface area contributed by atoms with Crippen molar-refractivity contribution in [2.45, 2.75) is 26.3 Å². The Balaban J connectivity index is 2.94. The topological polar surface area (TPSA) is 71.2 Å². The maximum absolute atomic E-state index is 12.0. The number of carbonyl (C=O) groups is 1. The molecule has 18 heavy (non-hydrogen) atoms. The number of nitrogens with one attached hydrogen (secondary N) is 1. The minimum absolute atomic E-state index is 0.237. The third-order valence-corrected chi connectivity index (χ3v) is 3.62. The largest absolute Gasteiger partial charge is 0.382 e. The molecule has 0 aliphatic heterocycles. The van der Waals surface area contributed by atoms with Gasteiger partial charge in [0.25, 0.3) is 5.91 Å². The zero-order valence-electron chi connectivity index (χ0n) is 11.1. The number of nitrogens with zero attached hydrogens (tertiary/aromatic N) is 2. The van der Waals surface area contributed by atoms with Crippen molar-refractivity contribution >= 4 is 28.2 Å². The predicted octanol–water partition coefficient (Wildman–Crippen LogP) is 1.32. The summed E-state index contributed by atoms with van der Waals surface area (Å²) in [7, 11) is 1.89. The second-order valence-corrected chi connectivity index (χ2v) is 5.43. The molecule has 3 N–H and O–H groups in total. The lowest BCUT2D eigenvalue weighted by Crippen LogP contribution is -2.42. The smallest absolute Gasteiger partial charge is 0.266 e. The molecular weight excluding hydrogens is 248 g/mol. The van der Waals surface area contributed by atoms with Gasteiger partial charge in [0.15, 0.2) is 5.13 Å². The number of nitrogen functional groups attached to an aromatic ring is 1. The van der Waals surface area contributed by atoms with E-state index in [0.717, 1.165) is 11.7 Å². The quantitative estimate of drug-likeness (QED) is 0.806. The second kappa shape index (κ2) is 5.27. The number of amides is 1. The van der Waals surface area contributed by atoms with Crippen LogP contribution in [-0.4, -0.2) is 30.0 Å². The number of carbonyl (C=O) groups excluding carboxylic acids is 1. The molecular formula is C12H18N4OS. The van der Waals surface area contributed by atoms with E-state index >= 15 is 0 Å². The molecule has 1 heterocycles. The Labute approximate surface area is 111 Å². The summed E-state index contributed by atoms with van der Waals surface area (Å²) in [5, 5.41) is 3.45. The monoisotopic (exact) mass is 266 g/mol. The van der Waals surface area contributed by atoms with E-state index in [1.807, 2.05) is 18.9 Å². The first-order valence-electron chi connectivity index (χ1n) is 5.58. The first-order chi connectivity index (χ1) is 8.30. The van der Waals surface area contributed by atoms with Gasteiger partial charge in [0, 0.05) is 13.6 Å². The van der Waals surface area contributed by atoms with Gasteiger partial charge in [-0.25, -0.2) is 4.98 Å². The third kappa shape index (κ3) is 3.14. The van der Waals surface area contributed by atoms with Gasteiger partial charge in [-0.1, -0.05) is 17.3 Å². The highest BCUT2D eigenvalue weighted by atomic mass is 32.1. The van der Waals surface area contributed by atoms with Crippen molar-refractivity contribution in [2.75, 3.05) is 24.2 Å². The summed E-state index contributed by atoms with van der Waals surface area (Å²) >= 11 is 1.26. The molecule has 0 spiro atoms. The average Bonchev–Trinajstić information content (AvgIpc) is 2.70. The SMILES string of the molecule is C#CC(C)(C)NC(=O)c1sc(N(C)CC)nc1N. The number of terminal acetylenes is 1. The van der Waals surface area contributed by atoms with Crippen LogP contribution in [0.15, 0.2) is 0 Å². The maximum Gasteiger partial charge on any atom is 0.266 e. The molecule has 1 amide bonds. The molecule has 1 aromatic heterocycles. The van der Waals surface area contributed by atoms with Gasteiger partial charge in [0.05, 0.1) is 5.54 Å². The van der Waals surface area contributed by atoms with Crippen LogP contribution in [0.25, 0.3) is 0 Å². The van der Waals surface area contributed by atoms with E-state index < -0.39 is 5.54 Å². The van der Waals surface area contributed by atoms with Gasteiger partial charge < -0.3 is 16.0 Å². The van der Waals surface area contributed by atoms with Crippen molar-refractivity contribution in [2.24, 2.45) is 0 Å². The Kier molecular flexibility index (Phi) is 4.19. The molecule has 98 valence electrons. The van der Waals surface area contributed by atoms with E-state index in [-0.39, 0.29) is 11.7 Å². The second-order valence-electron chi connectivity index (χ2n) is 4.45. The molecule has 0 saturated carbocycles. The van der Waals surface area contributed by atoms with Gasteiger partial charge in [-0.15, -0.1) is 6.42 Å². The molecule has 6 heteroatoms. The molecule has 0 aromatic carbocycles. The van der Waals surface area contributed by atoms with Gasteiger partial charge in [0.1, 0.15) is 10.7 Å². The Morgan fingerprint density at radius 2 is 2.28 bits per heavy atom. The van der Waals surface area contributed by atoms with Gasteiger partial charge in [-0.05, 0) is 20.8 Å². The van der Waals surface area contributed by atoms with Crippen molar-refractivity contribution in [1.29, 1.82) is 0 Å². The summed E-state index contributed by atoms with van der Waals surface area (Å²) in [5.74, 6) is 2.45. The molecule has 0 radical (unpaired) electrons. The fourth-order valence-corrected chi connectivity index (χ4v) is 2.06. The number of nitrogens with two attached hydrogens (primary N) is 1. The zero-order valence-corrected chi connectivity index (χ0v) is 11.9. The van der Waals surface area contributed by atoms with Crippen molar-refractivity contribution in [3.8, 4) is 12.3 Å². The first kappa shape index (κ1) is 14.3. The number of aromatic nitrogens is 1. The van der Waals surface area contributed by atoms with Crippen molar-refractivity contribution in [1.82, 2.24) is 10.3 Å². The molecule has 0 bridgehead atoms. The van der Waals surface area contributed by atoms with Crippen LogP contribution in [-0.2, 0) is 0 Å². The Bertz CT molecular complexity index is 487. The fraction of sp³-hybridized carbons (Fsp3) is 0.500. The standard InChI is InChI=1S/C12H18N4OS/c1-6-12(3,4)15-10(17)8-9(13)14-11(18-8)16(5)7-2/h1H,7,13H2,2-5H3,(H,15,17). The zero-order chi connectivity index (χ0) is 13.9. The lowest BCUT2D eigenvalue weighted by atomic mass is 10.1. The van der Waals surface area contributed by atoms with Crippen molar-refractivity contribution < 1.29 is 4.79 Å². The Morgan fingerprint density at radius 1 is 1.67 bits per heavy atom. The lowest BCUT2D eigenvalue weighted by molar-refractivity contribution is 0.0934. The summed E-state index contributed by atoms with van der Waals surface area (Å²) in [6.45, 7) is 6.30. The van der Waals surface area contributed by atoms with Gasteiger partial charge in [-0.2, -0.15) is 0 Å². The van der Waals surface area contributed by atoms with Gasteiger partial charge in [-0.3, -0.25) is 4.79 Å². The summed E-state index contributed by atoms with van der Waals surface area (Å²) in [6, 6.07) is 0. The molecule has 5 nitrogen and oxygen atoms in total. The number of hydrogen-bond donors (Lipinski definition) is 2. The Morgan fingerprint density at radius 3 is 2.78 bits per heavy atom. The van der Waals surface area contributed by atoms with E-state index in [0.29, 0.717) is 4.88 Å². The van der Waals surface area contributed by atoms with Crippen LogP contribution < -0.4 is 16.0 Å². The van der Waals surface area contributed by atoms with Crippen LogP contribution in [0.5, 0.6) is 0 Å². The van der Waals surface area contributed by atoms with Crippen LogP contribution in [0.3, 0.4) is 0 Å². The predicted molar refractivity (Wildman–Crippen MR) is 75.8 cm³/mol. The van der Waals surface area contributed by atoms with Crippen LogP contribution in [0.2, 0.25) is 0 Å². The minimum atomic E-state index is -0.704.